The molecule has 1 aliphatic rings. The number of carboxylic acid groups (broad SMARTS) is 1. The largest absolute Gasteiger partial charge is 0.479 e. The molecule has 1 aliphatic heterocycles. The first-order valence-corrected chi connectivity index (χ1v) is 7.64. The predicted molar refractivity (Wildman–Crippen MR) is 83.0 cm³/mol. The van der Waals surface area contributed by atoms with Crippen LogP contribution in [0.1, 0.15) is 37.1 Å². The summed E-state index contributed by atoms with van der Waals surface area (Å²) in [6.45, 7) is 3.79. The van der Waals surface area contributed by atoms with E-state index in [1.807, 2.05) is 38.1 Å². The Hall–Kier alpha value is -2.34. The van der Waals surface area contributed by atoms with Crippen LogP contribution in [0.3, 0.4) is 0 Å². The molecule has 1 aromatic heterocycles. The summed E-state index contributed by atoms with van der Waals surface area (Å²) in [6.07, 6.45) is -0.850. The molecule has 0 spiro atoms. The first-order valence-electron chi connectivity index (χ1n) is 7.64. The molecule has 1 saturated heterocycles. The van der Waals surface area contributed by atoms with E-state index in [0.29, 0.717) is 18.6 Å². The van der Waals surface area contributed by atoms with Crippen LogP contribution in [-0.2, 0) is 14.3 Å². The summed E-state index contributed by atoms with van der Waals surface area (Å²) in [5.41, 5.74) is 1.77. The number of aryl methyl sites for hydroxylation is 1. The standard InChI is InChI=1S/C17H19NO5/c1-9-11-5-3-4-6-12(11)23-15(9)10(2)18-16(19)13-7-8-14(22-13)17(20)21/h3-6,10,13-14H,7-8H2,1-2H3,(H,18,19)(H,20,21)/t10-,13+,14-/m1/s1. The van der Waals surface area contributed by atoms with Crippen molar-refractivity contribution in [1.29, 1.82) is 0 Å². The highest BCUT2D eigenvalue weighted by atomic mass is 16.5. The van der Waals surface area contributed by atoms with Crippen LogP contribution >= 0.6 is 0 Å². The number of carboxylic acids is 1. The molecule has 3 atom stereocenters. The molecule has 23 heavy (non-hydrogen) atoms. The number of hydrogen-bond donors (Lipinski definition) is 2. The van der Waals surface area contributed by atoms with Gasteiger partial charge in [-0.15, -0.1) is 0 Å². The van der Waals surface area contributed by atoms with Gasteiger partial charge in [-0.1, -0.05) is 18.2 Å². The van der Waals surface area contributed by atoms with Crippen LogP contribution in [0.2, 0.25) is 0 Å². The Morgan fingerprint density at radius 3 is 2.61 bits per heavy atom. The second kappa shape index (κ2) is 6.04. The molecular formula is C17H19NO5. The third-order valence-corrected chi connectivity index (χ3v) is 4.22. The quantitative estimate of drug-likeness (QED) is 0.904. The number of rotatable bonds is 4. The average molecular weight is 317 g/mol. The third-order valence-electron chi connectivity index (χ3n) is 4.22. The summed E-state index contributed by atoms with van der Waals surface area (Å²) in [7, 11) is 0. The smallest absolute Gasteiger partial charge is 0.332 e. The van der Waals surface area contributed by atoms with Gasteiger partial charge < -0.3 is 19.6 Å². The number of carbonyl (C=O) groups excluding carboxylic acids is 1. The molecular weight excluding hydrogens is 298 g/mol. The van der Waals surface area contributed by atoms with Crippen LogP contribution in [0.5, 0.6) is 0 Å². The van der Waals surface area contributed by atoms with Gasteiger partial charge in [0.25, 0.3) is 0 Å². The van der Waals surface area contributed by atoms with Gasteiger partial charge in [-0.2, -0.15) is 0 Å². The highest BCUT2D eigenvalue weighted by molar-refractivity contribution is 5.84. The van der Waals surface area contributed by atoms with Gasteiger partial charge in [0.15, 0.2) is 6.10 Å². The molecule has 122 valence electrons. The molecule has 0 radical (unpaired) electrons. The Balaban J connectivity index is 1.71. The maximum Gasteiger partial charge on any atom is 0.332 e. The number of para-hydroxylation sites is 1. The molecule has 0 unspecified atom stereocenters. The Kier molecular flexibility index (Phi) is 4.09. The molecule has 2 aromatic rings. The average Bonchev–Trinajstić information content (AvgIpc) is 3.13. The zero-order valence-corrected chi connectivity index (χ0v) is 13.0. The van der Waals surface area contributed by atoms with Crippen LogP contribution in [0.15, 0.2) is 28.7 Å². The third kappa shape index (κ3) is 2.94. The predicted octanol–water partition coefficient (Wildman–Crippen LogP) is 2.55. The number of nitrogens with one attached hydrogen (secondary N) is 1. The van der Waals surface area contributed by atoms with E-state index in [2.05, 4.69) is 5.32 Å². The van der Waals surface area contributed by atoms with Gasteiger partial charge in [0.2, 0.25) is 5.91 Å². The fourth-order valence-electron chi connectivity index (χ4n) is 2.99. The van der Waals surface area contributed by atoms with Gasteiger partial charge in [-0.25, -0.2) is 4.79 Å². The molecule has 0 saturated carbocycles. The molecule has 0 aliphatic carbocycles. The van der Waals surface area contributed by atoms with E-state index in [9.17, 15) is 9.59 Å². The van der Waals surface area contributed by atoms with E-state index < -0.39 is 18.2 Å². The molecule has 1 amide bonds. The fraction of sp³-hybridized carbons (Fsp3) is 0.412. The van der Waals surface area contributed by atoms with Gasteiger partial charge >= 0.3 is 5.97 Å². The number of ether oxygens (including phenoxy) is 1. The number of hydrogen-bond acceptors (Lipinski definition) is 4. The maximum atomic E-state index is 12.3. The minimum absolute atomic E-state index is 0.305. The summed E-state index contributed by atoms with van der Waals surface area (Å²) < 4.78 is 11.1. The Bertz CT molecular complexity index is 751. The van der Waals surface area contributed by atoms with Crippen molar-refractivity contribution >= 4 is 22.8 Å². The second-order valence-corrected chi connectivity index (χ2v) is 5.85. The molecule has 2 heterocycles. The minimum atomic E-state index is -1.03. The van der Waals surface area contributed by atoms with E-state index in [4.69, 9.17) is 14.3 Å². The summed E-state index contributed by atoms with van der Waals surface area (Å²) >= 11 is 0. The highest BCUT2D eigenvalue weighted by Gasteiger charge is 2.35. The molecule has 3 rings (SSSR count). The van der Waals surface area contributed by atoms with E-state index >= 15 is 0 Å². The zero-order chi connectivity index (χ0) is 16.6. The molecule has 6 heteroatoms. The van der Waals surface area contributed by atoms with Crippen molar-refractivity contribution in [2.24, 2.45) is 0 Å². The number of aliphatic carboxylic acids is 1. The van der Waals surface area contributed by atoms with Gasteiger partial charge in [0, 0.05) is 10.9 Å². The van der Waals surface area contributed by atoms with Crippen molar-refractivity contribution in [1.82, 2.24) is 5.32 Å². The lowest BCUT2D eigenvalue weighted by molar-refractivity contribution is -0.151. The first-order chi connectivity index (χ1) is 11.0. The summed E-state index contributed by atoms with van der Waals surface area (Å²) in [5, 5.41) is 12.8. The van der Waals surface area contributed by atoms with E-state index in [1.54, 1.807) is 0 Å². The minimum Gasteiger partial charge on any atom is -0.479 e. The number of carbonyl (C=O) groups is 2. The zero-order valence-electron chi connectivity index (χ0n) is 13.0. The normalized spacial score (nSPS) is 22.2. The Morgan fingerprint density at radius 1 is 1.26 bits per heavy atom. The maximum absolute atomic E-state index is 12.3. The van der Waals surface area contributed by atoms with Crippen LogP contribution in [0.25, 0.3) is 11.0 Å². The number of furan rings is 1. The van der Waals surface area contributed by atoms with Crippen LogP contribution in [-0.4, -0.2) is 29.2 Å². The van der Waals surface area contributed by atoms with Gasteiger partial charge in [0.1, 0.15) is 17.4 Å². The molecule has 1 fully saturated rings. The summed E-state index contributed by atoms with van der Waals surface area (Å²) in [6, 6.07) is 7.39. The van der Waals surface area contributed by atoms with E-state index in [0.717, 1.165) is 16.5 Å². The topological polar surface area (TPSA) is 88.8 Å². The van der Waals surface area contributed by atoms with Crippen molar-refractivity contribution in [3.05, 3.63) is 35.6 Å². The summed E-state index contributed by atoms with van der Waals surface area (Å²) in [5.74, 6) is -0.630. The lowest BCUT2D eigenvalue weighted by Crippen LogP contribution is -2.37. The fourth-order valence-corrected chi connectivity index (χ4v) is 2.99. The lowest BCUT2D eigenvalue weighted by Gasteiger charge is -2.16. The number of fused-ring (bicyclic) bond motifs is 1. The van der Waals surface area contributed by atoms with Crippen molar-refractivity contribution in [3.63, 3.8) is 0 Å². The first kappa shape index (κ1) is 15.6. The lowest BCUT2D eigenvalue weighted by atomic mass is 10.1. The van der Waals surface area contributed by atoms with E-state index in [-0.39, 0.29) is 11.9 Å². The van der Waals surface area contributed by atoms with Gasteiger partial charge in [0.05, 0.1) is 6.04 Å². The van der Waals surface area contributed by atoms with Crippen molar-refractivity contribution in [3.8, 4) is 0 Å². The highest BCUT2D eigenvalue weighted by Crippen LogP contribution is 2.29. The van der Waals surface area contributed by atoms with E-state index in [1.165, 1.54) is 0 Å². The second-order valence-electron chi connectivity index (χ2n) is 5.85. The van der Waals surface area contributed by atoms with Crippen molar-refractivity contribution < 1.29 is 23.8 Å². The summed E-state index contributed by atoms with van der Waals surface area (Å²) in [4.78, 5) is 23.1. The van der Waals surface area contributed by atoms with Crippen LogP contribution in [0.4, 0.5) is 0 Å². The van der Waals surface area contributed by atoms with Gasteiger partial charge in [-0.05, 0) is 32.8 Å². The number of benzene rings is 1. The molecule has 1 aromatic carbocycles. The SMILES string of the molecule is Cc1c([C@@H](C)NC(=O)[C@@H]2CC[C@H](C(=O)O)O2)oc2ccccc12. The number of amides is 1. The monoisotopic (exact) mass is 317 g/mol. The molecule has 0 bridgehead atoms. The van der Waals surface area contributed by atoms with Crippen LogP contribution < -0.4 is 5.32 Å². The Labute approximate surface area is 133 Å². The Morgan fingerprint density at radius 2 is 1.96 bits per heavy atom. The molecule has 6 nitrogen and oxygen atoms in total. The van der Waals surface area contributed by atoms with Crippen molar-refractivity contribution in [2.75, 3.05) is 0 Å². The van der Waals surface area contributed by atoms with Crippen molar-refractivity contribution in [2.45, 2.75) is 44.9 Å². The molecule has 2 N–H and O–H groups in total. The van der Waals surface area contributed by atoms with Gasteiger partial charge in [-0.3, -0.25) is 4.79 Å². The van der Waals surface area contributed by atoms with Crippen LogP contribution in [0, 0.1) is 6.92 Å².